The highest BCUT2D eigenvalue weighted by Crippen LogP contribution is 2.39. The van der Waals surface area contributed by atoms with E-state index in [1.807, 2.05) is 44.4 Å². The molecule has 0 saturated carbocycles. The summed E-state index contributed by atoms with van der Waals surface area (Å²) in [6, 6.07) is 19.8. The van der Waals surface area contributed by atoms with Gasteiger partial charge < -0.3 is 14.4 Å². The Morgan fingerprint density at radius 1 is 0.865 bits per heavy atom. The Balaban J connectivity index is 0.00000320. The molecule has 0 fully saturated rings. The maximum absolute atomic E-state index is 13.6. The molecule has 1 aliphatic rings. The van der Waals surface area contributed by atoms with Crippen LogP contribution in [-0.4, -0.2) is 62.0 Å². The van der Waals surface area contributed by atoms with Crippen LogP contribution in [0.1, 0.15) is 32.7 Å². The lowest BCUT2D eigenvalue weighted by Crippen LogP contribution is -2.33. The molecule has 4 aromatic rings. The van der Waals surface area contributed by atoms with Gasteiger partial charge in [0.05, 0.1) is 10.2 Å². The summed E-state index contributed by atoms with van der Waals surface area (Å²) in [5.74, 6) is 1.16. The number of benzene rings is 3. The summed E-state index contributed by atoms with van der Waals surface area (Å²) in [7, 11) is 4.02. The minimum Gasteiger partial charge on any atom is -0.486 e. The first-order valence-corrected chi connectivity index (χ1v) is 12.7. The van der Waals surface area contributed by atoms with E-state index in [4.69, 9.17) is 14.5 Å². The third-order valence-electron chi connectivity index (χ3n) is 5.93. The van der Waals surface area contributed by atoms with Crippen LogP contribution in [0.4, 0.5) is 5.13 Å². The molecule has 7 nitrogen and oxygen atoms in total. The van der Waals surface area contributed by atoms with Gasteiger partial charge in [0.25, 0.3) is 5.91 Å². The van der Waals surface area contributed by atoms with Gasteiger partial charge in [0, 0.05) is 35.4 Å². The summed E-state index contributed by atoms with van der Waals surface area (Å²) in [5, 5.41) is 0.626. The minimum absolute atomic E-state index is 0. The number of halogens is 1. The van der Waals surface area contributed by atoms with Gasteiger partial charge in [-0.05, 0) is 39.2 Å². The van der Waals surface area contributed by atoms with Crippen LogP contribution in [0.2, 0.25) is 0 Å². The molecule has 0 unspecified atom stereocenters. The molecule has 3 aromatic carbocycles. The largest absolute Gasteiger partial charge is 0.486 e. The van der Waals surface area contributed by atoms with Gasteiger partial charge in [-0.3, -0.25) is 14.5 Å². The molecule has 0 saturated heterocycles. The van der Waals surface area contributed by atoms with Crippen molar-refractivity contribution in [2.75, 3.05) is 45.3 Å². The number of carbonyl (C=O) groups excluding carboxylic acids is 2. The van der Waals surface area contributed by atoms with Gasteiger partial charge in [-0.2, -0.15) is 0 Å². The lowest BCUT2D eigenvalue weighted by atomic mass is 10.0. The lowest BCUT2D eigenvalue weighted by molar-refractivity contribution is 0.0983. The predicted molar refractivity (Wildman–Crippen MR) is 149 cm³/mol. The molecule has 0 atom stereocenters. The van der Waals surface area contributed by atoms with Crippen molar-refractivity contribution < 1.29 is 19.1 Å². The highest BCUT2D eigenvalue weighted by Gasteiger charge is 2.23. The molecule has 0 radical (unpaired) electrons. The molecule has 0 spiro atoms. The van der Waals surface area contributed by atoms with Crippen molar-refractivity contribution in [3.8, 4) is 11.5 Å². The highest BCUT2D eigenvalue weighted by atomic mass is 35.5. The van der Waals surface area contributed by atoms with E-state index in [0.29, 0.717) is 53.1 Å². The van der Waals surface area contributed by atoms with E-state index in [1.165, 1.54) is 11.3 Å². The normalized spacial score (nSPS) is 12.3. The van der Waals surface area contributed by atoms with Gasteiger partial charge in [-0.15, -0.1) is 12.4 Å². The molecule has 37 heavy (non-hydrogen) atoms. The number of nitrogens with zero attached hydrogens (tertiary/aromatic N) is 3. The molecule has 5 rings (SSSR count). The SMILES string of the molecule is CN(C)CCCN(C(=O)c1ccc(C(=O)c2ccccc2)cc1)c1nc2cc3c(cc2s1)OCCO3.Cl. The smallest absolute Gasteiger partial charge is 0.260 e. The molecule has 2 heterocycles. The second kappa shape index (κ2) is 11.7. The molecule has 0 N–H and O–H groups in total. The first-order chi connectivity index (χ1) is 17.5. The average molecular weight is 538 g/mol. The van der Waals surface area contributed by atoms with Gasteiger partial charge in [0.15, 0.2) is 22.4 Å². The zero-order valence-electron chi connectivity index (χ0n) is 20.7. The van der Waals surface area contributed by atoms with Crippen LogP contribution in [0.15, 0.2) is 66.7 Å². The summed E-state index contributed by atoms with van der Waals surface area (Å²) in [4.78, 5) is 35.0. The predicted octanol–water partition coefficient (Wildman–Crippen LogP) is 5.32. The third-order valence-corrected chi connectivity index (χ3v) is 6.98. The van der Waals surface area contributed by atoms with Crippen molar-refractivity contribution in [3.63, 3.8) is 0 Å². The molecule has 1 aliphatic heterocycles. The maximum Gasteiger partial charge on any atom is 0.260 e. The maximum atomic E-state index is 13.6. The average Bonchev–Trinajstić information content (AvgIpc) is 3.31. The van der Waals surface area contributed by atoms with Crippen LogP contribution >= 0.6 is 23.7 Å². The van der Waals surface area contributed by atoms with Gasteiger partial charge in [0.1, 0.15) is 13.2 Å². The summed E-state index contributed by atoms with van der Waals surface area (Å²) >= 11 is 1.46. The molecular formula is C28H28ClN3O4S. The van der Waals surface area contributed by atoms with Gasteiger partial charge in [0.2, 0.25) is 0 Å². The van der Waals surface area contributed by atoms with E-state index < -0.39 is 0 Å². The first-order valence-electron chi connectivity index (χ1n) is 11.9. The standard InChI is InChI=1S/C28H27N3O4S.ClH/c1-30(2)13-6-14-31(28-29-22-17-23-24(18-25(22)36-28)35-16-15-34-23)27(33)21-11-9-20(10-12-21)26(32)19-7-4-3-5-8-19;/h3-5,7-12,17-18H,6,13-16H2,1-2H3;1H. The summed E-state index contributed by atoms with van der Waals surface area (Å²) < 4.78 is 12.3. The van der Waals surface area contributed by atoms with Crippen molar-refractivity contribution >= 4 is 50.8 Å². The van der Waals surface area contributed by atoms with Crippen LogP contribution in [0.3, 0.4) is 0 Å². The Morgan fingerprint density at radius 2 is 1.49 bits per heavy atom. The second-order valence-corrected chi connectivity index (χ2v) is 9.86. The molecule has 192 valence electrons. The number of rotatable bonds is 8. The molecule has 0 bridgehead atoms. The quantitative estimate of drug-likeness (QED) is 0.283. The van der Waals surface area contributed by atoms with E-state index >= 15 is 0 Å². The van der Waals surface area contributed by atoms with E-state index in [1.54, 1.807) is 41.3 Å². The Morgan fingerprint density at radius 3 is 2.16 bits per heavy atom. The monoisotopic (exact) mass is 537 g/mol. The lowest BCUT2D eigenvalue weighted by Gasteiger charge is -2.21. The number of ether oxygens (including phenoxy) is 2. The van der Waals surface area contributed by atoms with E-state index in [2.05, 4.69) is 4.90 Å². The Kier molecular flexibility index (Phi) is 8.43. The van der Waals surface area contributed by atoms with Gasteiger partial charge in [-0.1, -0.05) is 53.8 Å². The van der Waals surface area contributed by atoms with Crippen LogP contribution in [-0.2, 0) is 0 Å². The number of hydrogen-bond donors (Lipinski definition) is 0. The number of thiazole rings is 1. The number of anilines is 1. The Labute approximate surface area is 226 Å². The molecular weight excluding hydrogens is 510 g/mol. The molecule has 1 amide bonds. The third kappa shape index (κ3) is 5.93. The number of amides is 1. The van der Waals surface area contributed by atoms with Crippen molar-refractivity contribution in [3.05, 3.63) is 83.4 Å². The van der Waals surface area contributed by atoms with Crippen molar-refractivity contribution in [2.45, 2.75) is 6.42 Å². The topological polar surface area (TPSA) is 72.0 Å². The number of aromatic nitrogens is 1. The Bertz CT molecular complexity index is 1350. The zero-order chi connectivity index (χ0) is 25.1. The van der Waals surface area contributed by atoms with Crippen molar-refractivity contribution in [2.24, 2.45) is 0 Å². The summed E-state index contributed by atoms with van der Waals surface area (Å²) in [6.07, 6.45) is 0.794. The second-order valence-electron chi connectivity index (χ2n) is 8.85. The van der Waals surface area contributed by atoms with Crippen LogP contribution in [0.5, 0.6) is 11.5 Å². The Hall–Kier alpha value is -3.46. The van der Waals surface area contributed by atoms with Crippen LogP contribution < -0.4 is 14.4 Å². The summed E-state index contributed by atoms with van der Waals surface area (Å²) in [6.45, 7) is 2.39. The summed E-state index contributed by atoms with van der Waals surface area (Å²) in [5.41, 5.74) is 2.44. The first kappa shape index (κ1) is 26.6. The van der Waals surface area contributed by atoms with E-state index in [0.717, 1.165) is 23.2 Å². The number of carbonyl (C=O) groups is 2. The molecule has 9 heteroatoms. The van der Waals surface area contributed by atoms with Crippen molar-refractivity contribution in [1.82, 2.24) is 9.88 Å². The van der Waals surface area contributed by atoms with Gasteiger partial charge in [-0.25, -0.2) is 4.98 Å². The molecule has 0 aliphatic carbocycles. The van der Waals surface area contributed by atoms with E-state index in [-0.39, 0.29) is 24.1 Å². The van der Waals surface area contributed by atoms with E-state index in [9.17, 15) is 9.59 Å². The molecule has 1 aromatic heterocycles. The fourth-order valence-corrected chi connectivity index (χ4v) is 5.07. The fourth-order valence-electron chi connectivity index (χ4n) is 4.07. The highest BCUT2D eigenvalue weighted by molar-refractivity contribution is 7.22. The fraction of sp³-hybridized carbons (Fsp3) is 0.250. The number of fused-ring (bicyclic) bond motifs is 2. The number of hydrogen-bond acceptors (Lipinski definition) is 7. The minimum atomic E-state index is -0.149. The zero-order valence-corrected chi connectivity index (χ0v) is 22.3. The van der Waals surface area contributed by atoms with Crippen LogP contribution in [0, 0.1) is 0 Å². The number of ketones is 1. The van der Waals surface area contributed by atoms with Gasteiger partial charge >= 0.3 is 0 Å². The van der Waals surface area contributed by atoms with Crippen LogP contribution in [0.25, 0.3) is 10.2 Å². The van der Waals surface area contributed by atoms with Crippen molar-refractivity contribution in [1.29, 1.82) is 0 Å².